The fourth-order valence-corrected chi connectivity index (χ4v) is 1.94. The minimum atomic E-state index is -0.530. The summed E-state index contributed by atoms with van der Waals surface area (Å²) in [5.41, 5.74) is 0.229. The lowest BCUT2D eigenvalue weighted by molar-refractivity contribution is 0.0579. The maximum absolute atomic E-state index is 13.3. The second-order valence-electron chi connectivity index (χ2n) is 4.20. The molecule has 19 heavy (non-hydrogen) atoms. The number of likely N-dealkylation sites (N-methyl/N-ethyl adjacent to an activating group) is 1. The molecule has 106 valence electrons. The number of pyridine rings is 1. The highest BCUT2D eigenvalue weighted by atomic mass is 19.1. The number of halogens is 1. The Balaban J connectivity index is 3.06. The fraction of sp³-hybridized carbons (Fsp3) is 0.538. The minimum absolute atomic E-state index is 0.0875. The van der Waals surface area contributed by atoms with Crippen molar-refractivity contribution in [2.45, 2.75) is 19.9 Å². The number of carbonyl (C=O) groups is 1. The van der Waals surface area contributed by atoms with Gasteiger partial charge in [-0.1, -0.05) is 0 Å². The van der Waals surface area contributed by atoms with E-state index >= 15 is 0 Å². The molecule has 0 bridgehead atoms. The van der Waals surface area contributed by atoms with Gasteiger partial charge in [-0.3, -0.25) is 4.79 Å². The molecule has 6 heteroatoms. The Morgan fingerprint density at radius 1 is 1.63 bits per heavy atom. The lowest BCUT2D eigenvalue weighted by atomic mass is 10.2. The van der Waals surface area contributed by atoms with Crippen LogP contribution >= 0.6 is 0 Å². The number of nitrogens with one attached hydrogen (secondary N) is 1. The van der Waals surface area contributed by atoms with Crippen LogP contribution in [0.1, 0.15) is 24.2 Å². The molecule has 0 spiro atoms. The molecule has 1 aromatic heterocycles. The number of amides is 1. The van der Waals surface area contributed by atoms with Gasteiger partial charge in [-0.25, -0.2) is 9.37 Å². The molecule has 1 rings (SSSR count). The Hall–Kier alpha value is -1.69. The zero-order valence-corrected chi connectivity index (χ0v) is 11.7. The summed E-state index contributed by atoms with van der Waals surface area (Å²) in [5, 5.41) is 2.80. The monoisotopic (exact) mass is 269 g/mol. The normalized spacial score (nSPS) is 12.1. The Morgan fingerprint density at radius 3 is 2.84 bits per heavy atom. The highest BCUT2D eigenvalue weighted by molar-refractivity contribution is 5.98. The first-order valence-electron chi connectivity index (χ1n) is 6.18. The Kier molecular flexibility index (Phi) is 5.69. The number of anilines is 1. The molecular weight excluding hydrogens is 249 g/mol. The summed E-state index contributed by atoms with van der Waals surface area (Å²) in [6.07, 6.45) is 1.08. The summed E-state index contributed by atoms with van der Waals surface area (Å²) in [6, 6.07) is 1.11. The van der Waals surface area contributed by atoms with Gasteiger partial charge in [0, 0.05) is 20.7 Å². The number of carbonyl (C=O) groups excluding carboxylic acids is 1. The number of hydrogen-bond donors (Lipinski definition) is 1. The Morgan fingerprint density at radius 2 is 2.32 bits per heavy atom. The van der Waals surface area contributed by atoms with Gasteiger partial charge >= 0.3 is 0 Å². The largest absolute Gasteiger partial charge is 0.383 e. The van der Waals surface area contributed by atoms with Gasteiger partial charge in [0.1, 0.15) is 11.6 Å². The summed E-state index contributed by atoms with van der Waals surface area (Å²) in [7, 11) is 3.23. The highest BCUT2D eigenvalue weighted by Gasteiger charge is 2.23. The van der Waals surface area contributed by atoms with Crippen molar-refractivity contribution >= 4 is 11.7 Å². The Bertz CT molecular complexity index is 440. The van der Waals surface area contributed by atoms with Crippen LogP contribution in [-0.2, 0) is 4.74 Å². The van der Waals surface area contributed by atoms with E-state index in [9.17, 15) is 9.18 Å². The number of nitrogens with zero attached hydrogens (tertiary/aromatic N) is 2. The lowest BCUT2D eigenvalue weighted by Crippen LogP contribution is -2.41. The average molecular weight is 269 g/mol. The predicted octanol–water partition coefficient (Wildman–Crippen LogP) is 1.76. The molecule has 0 radical (unpaired) electrons. The number of ether oxygens (including phenoxy) is 1. The standard InChI is InChI=1S/C13H20FN3O2/c1-5-17(9(2)8-19-4)13(18)11-6-10(14)7-16-12(11)15-3/h6-7,9H,5,8H2,1-4H3,(H,15,16). The van der Waals surface area contributed by atoms with Gasteiger partial charge in [0.15, 0.2) is 0 Å². The molecule has 0 aliphatic rings. The van der Waals surface area contributed by atoms with Gasteiger partial charge in [0.25, 0.3) is 5.91 Å². The summed E-state index contributed by atoms with van der Waals surface area (Å²) in [5.74, 6) is -0.421. The van der Waals surface area contributed by atoms with E-state index in [1.165, 1.54) is 6.07 Å². The van der Waals surface area contributed by atoms with Crippen LogP contribution < -0.4 is 5.32 Å². The minimum Gasteiger partial charge on any atom is -0.383 e. The zero-order chi connectivity index (χ0) is 14.4. The summed E-state index contributed by atoms with van der Waals surface area (Å²) in [4.78, 5) is 17.9. The lowest BCUT2D eigenvalue weighted by Gasteiger charge is -2.28. The molecule has 1 heterocycles. The second-order valence-corrected chi connectivity index (χ2v) is 4.20. The van der Waals surface area contributed by atoms with E-state index in [4.69, 9.17) is 4.74 Å². The number of methoxy groups -OCH3 is 1. The summed E-state index contributed by atoms with van der Waals surface area (Å²) in [6.45, 7) is 4.70. The summed E-state index contributed by atoms with van der Waals surface area (Å²) < 4.78 is 18.3. The van der Waals surface area contributed by atoms with Crippen molar-refractivity contribution in [3.63, 3.8) is 0 Å². The van der Waals surface area contributed by atoms with Crippen LogP contribution in [0, 0.1) is 5.82 Å². The molecule has 1 N–H and O–H groups in total. The van der Waals surface area contributed by atoms with Crippen LogP contribution in [-0.4, -0.2) is 49.1 Å². The molecule has 1 atom stereocenters. The predicted molar refractivity (Wildman–Crippen MR) is 71.8 cm³/mol. The van der Waals surface area contributed by atoms with Crippen molar-refractivity contribution in [2.75, 3.05) is 32.6 Å². The number of aromatic nitrogens is 1. The van der Waals surface area contributed by atoms with Crippen molar-refractivity contribution in [1.82, 2.24) is 9.88 Å². The maximum Gasteiger partial charge on any atom is 0.258 e. The third-order valence-corrected chi connectivity index (χ3v) is 2.86. The van der Waals surface area contributed by atoms with E-state index in [-0.39, 0.29) is 17.5 Å². The molecule has 1 aromatic rings. The third kappa shape index (κ3) is 3.64. The van der Waals surface area contributed by atoms with Crippen molar-refractivity contribution in [2.24, 2.45) is 0 Å². The van der Waals surface area contributed by atoms with Crippen molar-refractivity contribution in [3.05, 3.63) is 23.6 Å². The van der Waals surface area contributed by atoms with Crippen molar-refractivity contribution < 1.29 is 13.9 Å². The molecule has 0 aliphatic carbocycles. The third-order valence-electron chi connectivity index (χ3n) is 2.86. The van der Waals surface area contributed by atoms with Crippen LogP contribution in [0.2, 0.25) is 0 Å². The van der Waals surface area contributed by atoms with Crippen molar-refractivity contribution in [1.29, 1.82) is 0 Å². The smallest absolute Gasteiger partial charge is 0.258 e. The van der Waals surface area contributed by atoms with Gasteiger partial charge in [-0.05, 0) is 19.9 Å². The van der Waals surface area contributed by atoms with Crippen LogP contribution in [0.5, 0.6) is 0 Å². The van der Waals surface area contributed by atoms with Gasteiger partial charge in [-0.2, -0.15) is 0 Å². The van der Waals surface area contributed by atoms with Crippen LogP contribution in [0.3, 0.4) is 0 Å². The van der Waals surface area contributed by atoms with E-state index < -0.39 is 5.82 Å². The molecule has 0 aliphatic heterocycles. The SMILES string of the molecule is CCN(C(=O)c1cc(F)cnc1NC)C(C)COC. The van der Waals surface area contributed by atoms with Crippen molar-refractivity contribution in [3.8, 4) is 0 Å². The van der Waals surface area contributed by atoms with Gasteiger partial charge in [0.05, 0.1) is 24.4 Å². The average Bonchev–Trinajstić information content (AvgIpc) is 2.39. The number of hydrogen-bond acceptors (Lipinski definition) is 4. The molecule has 0 saturated carbocycles. The molecule has 0 aromatic carbocycles. The van der Waals surface area contributed by atoms with Gasteiger partial charge < -0.3 is 15.0 Å². The molecule has 0 saturated heterocycles. The quantitative estimate of drug-likeness (QED) is 0.855. The highest BCUT2D eigenvalue weighted by Crippen LogP contribution is 2.17. The first-order chi connectivity index (χ1) is 9.04. The van der Waals surface area contributed by atoms with E-state index in [2.05, 4.69) is 10.3 Å². The molecule has 1 unspecified atom stereocenters. The second kappa shape index (κ2) is 7.04. The maximum atomic E-state index is 13.3. The van der Waals surface area contributed by atoms with E-state index in [0.29, 0.717) is 19.0 Å². The fourth-order valence-electron chi connectivity index (χ4n) is 1.94. The molecule has 5 nitrogen and oxygen atoms in total. The summed E-state index contributed by atoms with van der Waals surface area (Å²) >= 11 is 0. The van der Waals surface area contributed by atoms with Gasteiger partial charge in [-0.15, -0.1) is 0 Å². The van der Waals surface area contributed by atoms with Gasteiger partial charge in [0.2, 0.25) is 0 Å². The Labute approximate surface area is 112 Å². The van der Waals surface area contributed by atoms with Crippen LogP contribution in [0.15, 0.2) is 12.3 Å². The van der Waals surface area contributed by atoms with E-state index in [1.54, 1.807) is 19.1 Å². The van der Waals surface area contributed by atoms with Crippen LogP contribution in [0.4, 0.5) is 10.2 Å². The van der Waals surface area contributed by atoms with Crippen LogP contribution in [0.25, 0.3) is 0 Å². The first-order valence-corrected chi connectivity index (χ1v) is 6.18. The topological polar surface area (TPSA) is 54.5 Å². The molecule has 1 amide bonds. The number of rotatable bonds is 6. The first kappa shape index (κ1) is 15.4. The molecular formula is C13H20FN3O2. The van der Waals surface area contributed by atoms with E-state index in [1.807, 2.05) is 13.8 Å². The molecule has 0 fully saturated rings. The zero-order valence-electron chi connectivity index (χ0n) is 11.7. The van der Waals surface area contributed by atoms with E-state index in [0.717, 1.165) is 6.20 Å².